The van der Waals surface area contributed by atoms with E-state index in [1.165, 1.54) is 109 Å². The summed E-state index contributed by atoms with van der Waals surface area (Å²) < 4.78 is 7.80. The zero-order chi connectivity index (χ0) is 40.0. The molecule has 1 aliphatic heterocycles. The molecule has 0 bridgehead atoms. The van der Waals surface area contributed by atoms with Crippen LogP contribution in [0, 0.1) is 0 Å². The number of rotatable bonds is 5. The summed E-state index contributed by atoms with van der Waals surface area (Å²) in [6.45, 7) is 0. The molecule has 4 heterocycles. The summed E-state index contributed by atoms with van der Waals surface area (Å²) in [5.74, 6) is 0.295. The first-order valence-electron chi connectivity index (χ1n) is 22.3. The SMILES string of the molecule is C1=CCCC(n2c3c(c4ccccc42)CC(c2ccc4c(c2)c2ccccc2n4C2N=C(C4=c5sc6c(-c7ccccc7)cccc6c5=CCC4)C4=CCCCC4N2)C=C3)=C1. The van der Waals surface area contributed by atoms with Crippen molar-refractivity contribution in [2.45, 2.75) is 69.6 Å². The molecular weight excluding hydrogens is 761 g/mol. The molecule has 296 valence electrons. The van der Waals surface area contributed by atoms with Crippen molar-refractivity contribution in [3.05, 3.63) is 178 Å². The van der Waals surface area contributed by atoms with Crippen molar-refractivity contribution >= 4 is 83.3 Å². The predicted octanol–water partition coefficient (Wildman–Crippen LogP) is 12.6. The fraction of sp³-hybridized carbons (Fsp3) is 0.196. The van der Waals surface area contributed by atoms with Crippen molar-refractivity contribution < 1.29 is 0 Å². The number of aliphatic imine (C=N–C) groups is 1. The van der Waals surface area contributed by atoms with E-state index < -0.39 is 0 Å². The van der Waals surface area contributed by atoms with Gasteiger partial charge < -0.3 is 9.13 Å². The molecule has 8 aromatic rings. The van der Waals surface area contributed by atoms with Crippen LogP contribution >= 0.6 is 11.3 Å². The monoisotopic (exact) mass is 806 g/mol. The van der Waals surface area contributed by atoms with Gasteiger partial charge in [0, 0.05) is 54.1 Å². The van der Waals surface area contributed by atoms with Crippen LogP contribution in [0.4, 0.5) is 0 Å². The number of hydrogen-bond acceptors (Lipinski definition) is 3. The quantitative estimate of drug-likeness (QED) is 0.185. The van der Waals surface area contributed by atoms with E-state index in [0.717, 1.165) is 44.9 Å². The number of fused-ring (bicyclic) bond motifs is 10. The summed E-state index contributed by atoms with van der Waals surface area (Å²) >= 11 is 1.97. The van der Waals surface area contributed by atoms with E-state index in [1.807, 2.05) is 11.3 Å². The summed E-state index contributed by atoms with van der Waals surface area (Å²) in [5, 5.41) is 10.8. The van der Waals surface area contributed by atoms with Crippen LogP contribution in [-0.2, 0) is 6.42 Å². The summed E-state index contributed by atoms with van der Waals surface area (Å²) in [6.07, 6.45) is 25.0. The van der Waals surface area contributed by atoms with Gasteiger partial charge in [-0.1, -0.05) is 121 Å². The minimum Gasteiger partial charge on any atom is -0.313 e. The van der Waals surface area contributed by atoms with Gasteiger partial charge in [0.15, 0.2) is 6.29 Å². The third-order valence-corrected chi connectivity index (χ3v) is 15.4. The van der Waals surface area contributed by atoms with Crippen LogP contribution in [0.2, 0.25) is 0 Å². The molecule has 0 amide bonds. The molecule has 3 aromatic heterocycles. The average Bonchev–Trinajstić information content (AvgIpc) is 3.99. The summed E-state index contributed by atoms with van der Waals surface area (Å²) in [5.41, 5.74) is 16.0. The predicted molar refractivity (Wildman–Crippen MR) is 258 cm³/mol. The van der Waals surface area contributed by atoms with E-state index in [-0.39, 0.29) is 12.3 Å². The highest BCUT2D eigenvalue weighted by atomic mass is 32.1. The number of hydrogen-bond donors (Lipinski definition) is 1. The van der Waals surface area contributed by atoms with Crippen LogP contribution in [0.25, 0.3) is 77.3 Å². The van der Waals surface area contributed by atoms with Crippen molar-refractivity contribution in [1.29, 1.82) is 0 Å². The van der Waals surface area contributed by atoms with Crippen molar-refractivity contribution in [2.75, 3.05) is 0 Å². The van der Waals surface area contributed by atoms with Gasteiger partial charge in [0.25, 0.3) is 0 Å². The van der Waals surface area contributed by atoms with Gasteiger partial charge in [0.05, 0.1) is 22.3 Å². The molecule has 5 aliphatic rings. The summed E-state index contributed by atoms with van der Waals surface area (Å²) in [4.78, 5) is 5.82. The molecule has 61 heavy (non-hydrogen) atoms. The molecule has 5 aromatic carbocycles. The van der Waals surface area contributed by atoms with Gasteiger partial charge >= 0.3 is 0 Å². The third-order valence-electron chi connectivity index (χ3n) is 14.1. The molecule has 4 aliphatic carbocycles. The Kier molecular flexibility index (Phi) is 8.23. The van der Waals surface area contributed by atoms with Crippen molar-refractivity contribution in [3.8, 4) is 11.1 Å². The summed E-state index contributed by atoms with van der Waals surface area (Å²) in [6, 6.07) is 43.3. The van der Waals surface area contributed by atoms with Gasteiger partial charge in [0.1, 0.15) is 0 Å². The lowest BCUT2D eigenvalue weighted by Gasteiger charge is -2.36. The molecule has 0 saturated carbocycles. The lowest BCUT2D eigenvalue weighted by atomic mass is 9.84. The van der Waals surface area contributed by atoms with Crippen molar-refractivity contribution in [3.63, 3.8) is 0 Å². The first-order chi connectivity index (χ1) is 30.3. The van der Waals surface area contributed by atoms with E-state index in [0.29, 0.717) is 5.92 Å². The first kappa shape index (κ1) is 35.5. The molecule has 13 rings (SSSR count). The Bertz CT molecular complexity index is 3420. The maximum Gasteiger partial charge on any atom is 0.181 e. The molecule has 3 unspecified atom stereocenters. The smallest absolute Gasteiger partial charge is 0.181 e. The van der Waals surface area contributed by atoms with Crippen LogP contribution < -0.4 is 15.1 Å². The van der Waals surface area contributed by atoms with Gasteiger partial charge in [-0.25, -0.2) is 4.99 Å². The Labute approximate surface area is 359 Å². The minimum atomic E-state index is -0.216. The zero-order valence-electron chi connectivity index (χ0n) is 34.1. The van der Waals surface area contributed by atoms with Gasteiger partial charge in [-0.3, -0.25) is 5.32 Å². The molecule has 0 spiro atoms. The second kappa shape index (κ2) is 14.2. The highest BCUT2D eigenvalue weighted by Crippen LogP contribution is 2.42. The van der Waals surface area contributed by atoms with Crippen molar-refractivity contribution in [1.82, 2.24) is 14.5 Å². The second-order valence-electron chi connectivity index (χ2n) is 17.5. The maximum atomic E-state index is 5.82. The second-order valence-corrected chi connectivity index (χ2v) is 18.5. The lowest BCUT2D eigenvalue weighted by Crippen LogP contribution is -2.45. The average molecular weight is 807 g/mol. The van der Waals surface area contributed by atoms with Crippen LogP contribution in [0.1, 0.15) is 74.0 Å². The van der Waals surface area contributed by atoms with E-state index in [4.69, 9.17) is 4.99 Å². The van der Waals surface area contributed by atoms with Crippen LogP contribution in [-0.4, -0.2) is 20.9 Å². The lowest BCUT2D eigenvalue weighted by molar-refractivity contribution is 0.367. The number of nitrogens with zero attached hydrogens (tertiary/aromatic N) is 3. The highest BCUT2D eigenvalue weighted by Gasteiger charge is 2.34. The number of thiophene rings is 1. The number of para-hydroxylation sites is 2. The van der Waals surface area contributed by atoms with E-state index in [1.54, 1.807) is 0 Å². The van der Waals surface area contributed by atoms with E-state index >= 15 is 0 Å². The number of aromatic nitrogens is 2. The first-order valence-corrected chi connectivity index (χ1v) is 23.1. The van der Waals surface area contributed by atoms with E-state index in [9.17, 15) is 0 Å². The normalized spacial score (nSPS) is 21.0. The van der Waals surface area contributed by atoms with Crippen LogP contribution in [0.5, 0.6) is 0 Å². The maximum absolute atomic E-state index is 5.82. The Hall–Kier alpha value is -6.27. The Morgan fingerprint density at radius 2 is 1.56 bits per heavy atom. The van der Waals surface area contributed by atoms with Crippen LogP contribution in [0.3, 0.4) is 0 Å². The molecular formula is C56H46N4S. The molecule has 0 fully saturated rings. The number of benzene rings is 5. The summed E-state index contributed by atoms with van der Waals surface area (Å²) in [7, 11) is 0. The fourth-order valence-electron chi connectivity index (χ4n) is 11.3. The van der Waals surface area contributed by atoms with Gasteiger partial charge in [-0.15, -0.1) is 11.3 Å². The molecule has 0 saturated heterocycles. The van der Waals surface area contributed by atoms with Gasteiger partial charge in [0.2, 0.25) is 0 Å². The Balaban J connectivity index is 0.941. The van der Waals surface area contributed by atoms with E-state index in [2.05, 4.69) is 172 Å². The molecule has 4 nitrogen and oxygen atoms in total. The molecule has 0 radical (unpaired) electrons. The standard InChI is InChI=1S/C56H46N4S/c1-3-15-35(16-4-1)39-22-13-23-42-43-24-14-25-45(55(43)61-54(39)42)53-44-21-7-10-26-48(44)57-56(58-53)60-50-28-12-9-20-41(50)47-34-37(30-32-52(47)60)36-29-31-51-46(33-36)40-19-8-11-27-49(40)59(51)38-17-5-2-6-18-38/h1-5,8-9,11-13,15-17,19-24,27-32,34,36,48,56-57H,6-7,10,14,18,25-26,33H2. The zero-order valence-corrected chi connectivity index (χ0v) is 35.0. The van der Waals surface area contributed by atoms with Crippen molar-refractivity contribution in [2.24, 2.45) is 4.99 Å². The number of allylic oxidation sites excluding steroid dienone is 6. The third kappa shape index (κ3) is 5.57. The Morgan fingerprint density at radius 1 is 0.721 bits per heavy atom. The topological polar surface area (TPSA) is 34.2 Å². The molecule has 3 atom stereocenters. The van der Waals surface area contributed by atoms with Gasteiger partial charge in [-0.2, -0.15) is 0 Å². The molecule has 1 N–H and O–H groups in total. The van der Waals surface area contributed by atoms with Crippen LogP contribution in [0.15, 0.2) is 156 Å². The number of nitrogens with one attached hydrogen (secondary N) is 1. The largest absolute Gasteiger partial charge is 0.313 e. The van der Waals surface area contributed by atoms with Gasteiger partial charge in [-0.05, 0) is 126 Å². The minimum absolute atomic E-state index is 0.216. The fourth-order valence-corrected chi connectivity index (χ4v) is 12.7. The Morgan fingerprint density at radius 3 is 2.46 bits per heavy atom. The highest BCUT2D eigenvalue weighted by molar-refractivity contribution is 7.18. The molecule has 5 heteroatoms.